The molecule has 0 aromatic heterocycles. The first-order valence-electron chi connectivity index (χ1n) is 10.5. The molecule has 2 aromatic carbocycles. The molecule has 2 aromatic rings. The van der Waals surface area contributed by atoms with Crippen molar-refractivity contribution < 1.29 is 19.2 Å². The predicted molar refractivity (Wildman–Crippen MR) is 116 cm³/mol. The van der Waals surface area contributed by atoms with Gasteiger partial charge in [-0.1, -0.05) is 60.7 Å². The summed E-state index contributed by atoms with van der Waals surface area (Å²) in [4.78, 5) is 51.9. The molecular weight excluding hydrogens is 394 g/mol. The minimum Gasteiger partial charge on any atom is -0.350 e. The molecule has 0 radical (unpaired) electrons. The summed E-state index contributed by atoms with van der Waals surface area (Å²) in [6.07, 6.45) is 0.853. The molecule has 7 heteroatoms. The van der Waals surface area contributed by atoms with Gasteiger partial charge >= 0.3 is 0 Å². The first kappa shape index (κ1) is 22.2. The number of likely N-dealkylation sites (N-methyl/N-ethyl adjacent to an activating group) is 1. The molecule has 162 valence electrons. The summed E-state index contributed by atoms with van der Waals surface area (Å²) >= 11 is 0. The fourth-order valence-corrected chi connectivity index (χ4v) is 3.72. The van der Waals surface area contributed by atoms with Crippen LogP contribution < -0.4 is 10.6 Å². The topological polar surface area (TPSA) is 95.6 Å². The highest BCUT2D eigenvalue weighted by atomic mass is 16.2. The van der Waals surface area contributed by atoms with Crippen molar-refractivity contribution in [3.63, 3.8) is 0 Å². The number of rotatable bonds is 9. The van der Waals surface area contributed by atoms with Gasteiger partial charge in [-0.25, -0.2) is 0 Å². The van der Waals surface area contributed by atoms with Crippen LogP contribution in [0.3, 0.4) is 0 Å². The summed E-state index contributed by atoms with van der Waals surface area (Å²) in [7, 11) is 0. The van der Waals surface area contributed by atoms with Crippen LogP contribution in [0.5, 0.6) is 0 Å². The van der Waals surface area contributed by atoms with Crippen LogP contribution in [-0.4, -0.2) is 47.0 Å². The Morgan fingerprint density at radius 1 is 1.00 bits per heavy atom. The number of nitrogens with zero attached hydrogens (tertiary/aromatic N) is 1. The van der Waals surface area contributed by atoms with E-state index >= 15 is 0 Å². The molecule has 1 aliphatic heterocycles. The third-order valence-corrected chi connectivity index (χ3v) is 5.30. The smallest absolute Gasteiger partial charge is 0.289 e. The zero-order chi connectivity index (χ0) is 22.2. The van der Waals surface area contributed by atoms with Crippen molar-refractivity contribution in [3.05, 3.63) is 71.8 Å². The monoisotopic (exact) mass is 421 g/mol. The Morgan fingerprint density at radius 3 is 2.23 bits per heavy atom. The fraction of sp³-hybridized carbons (Fsp3) is 0.333. The van der Waals surface area contributed by atoms with Crippen molar-refractivity contribution in [2.24, 2.45) is 0 Å². The van der Waals surface area contributed by atoms with Crippen LogP contribution in [0.25, 0.3) is 0 Å². The number of hydrogen-bond donors (Lipinski definition) is 2. The Labute approximate surface area is 181 Å². The van der Waals surface area contributed by atoms with E-state index in [0.717, 1.165) is 11.1 Å². The summed E-state index contributed by atoms with van der Waals surface area (Å²) in [5.74, 6) is -1.94. The van der Waals surface area contributed by atoms with Crippen LogP contribution in [0, 0.1) is 0 Å². The first-order chi connectivity index (χ1) is 15.0. The molecule has 2 unspecified atom stereocenters. The van der Waals surface area contributed by atoms with Gasteiger partial charge in [-0.3, -0.25) is 19.2 Å². The molecular formula is C24H27N3O4. The van der Waals surface area contributed by atoms with Crippen LogP contribution in [0.15, 0.2) is 60.7 Å². The van der Waals surface area contributed by atoms with E-state index in [9.17, 15) is 19.2 Å². The van der Waals surface area contributed by atoms with Gasteiger partial charge in [0.1, 0.15) is 12.1 Å². The van der Waals surface area contributed by atoms with E-state index in [0.29, 0.717) is 19.5 Å². The number of likely N-dealkylation sites (tertiary alicyclic amines) is 1. The second kappa shape index (κ2) is 10.5. The van der Waals surface area contributed by atoms with E-state index < -0.39 is 29.7 Å². The molecule has 0 spiro atoms. The van der Waals surface area contributed by atoms with Crippen LogP contribution in [0.4, 0.5) is 0 Å². The zero-order valence-corrected chi connectivity index (χ0v) is 17.5. The number of benzene rings is 2. The SMILES string of the molecule is CCNC(=O)C(=O)C(Cc1ccccc1)NC(=O)C1CCC(=O)N1Cc1ccccc1. The molecule has 7 nitrogen and oxygen atoms in total. The van der Waals surface area contributed by atoms with E-state index in [1.807, 2.05) is 60.7 Å². The van der Waals surface area contributed by atoms with Gasteiger partial charge < -0.3 is 15.5 Å². The van der Waals surface area contributed by atoms with Crippen molar-refractivity contribution in [1.82, 2.24) is 15.5 Å². The molecule has 1 saturated heterocycles. The van der Waals surface area contributed by atoms with E-state index in [1.54, 1.807) is 11.8 Å². The molecule has 0 saturated carbocycles. The molecule has 0 aliphatic carbocycles. The summed E-state index contributed by atoms with van der Waals surface area (Å²) in [6.45, 7) is 2.37. The van der Waals surface area contributed by atoms with Gasteiger partial charge in [-0.2, -0.15) is 0 Å². The Bertz CT molecular complexity index is 930. The van der Waals surface area contributed by atoms with Gasteiger partial charge in [0, 0.05) is 25.9 Å². The van der Waals surface area contributed by atoms with E-state index in [1.165, 1.54) is 0 Å². The van der Waals surface area contributed by atoms with Gasteiger partial charge in [-0.15, -0.1) is 0 Å². The summed E-state index contributed by atoms with van der Waals surface area (Å²) in [5, 5.41) is 5.24. The maximum Gasteiger partial charge on any atom is 0.289 e. The number of carbonyl (C=O) groups is 4. The molecule has 2 N–H and O–H groups in total. The number of nitrogens with one attached hydrogen (secondary N) is 2. The molecule has 31 heavy (non-hydrogen) atoms. The average molecular weight is 421 g/mol. The third-order valence-electron chi connectivity index (χ3n) is 5.30. The van der Waals surface area contributed by atoms with Crippen LogP contribution in [0.1, 0.15) is 30.9 Å². The predicted octanol–water partition coefficient (Wildman–Crippen LogP) is 1.61. The lowest BCUT2D eigenvalue weighted by molar-refractivity contribution is -0.141. The van der Waals surface area contributed by atoms with Crippen molar-refractivity contribution in [2.75, 3.05) is 6.54 Å². The summed E-state index contributed by atoms with van der Waals surface area (Å²) < 4.78 is 0. The van der Waals surface area contributed by atoms with E-state index in [4.69, 9.17) is 0 Å². The normalized spacial score (nSPS) is 16.6. The number of amides is 3. The van der Waals surface area contributed by atoms with Crippen molar-refractivity contribution in [2.45, 2.75) is 44.8 Å². The Morgan fingerprint density at radius 2 is 1.61 bits per heavy atom. The maximum absolute atomic E-state index is 13.1. The van der Waals surface area contributed by atoms with Gasteiger partial charge in [0.15, 0.2) is 0 Å². The number of carbonyl (C=O) groups excluding carboxylic acids is 4. The lowest BCUT2D eigenvalue weighted by Crippen LogP contribution is -2.53. The Hall–Kier alpha value is -3.48. The first-order valence-corrected chi connectivity index (χ1v) is 10.5. The number of Topliss-reactive ketones (excluding diaryl/α,β-unsaturated/α-hetero) is 1. The average Bonchev–Trinajstić information content (AvgIpc) is 3.14. The van der Waals surface area contributed by atoms with E-state index in [-0.39, 0.29) is 18.7 Å². The lowest BCUT2D eigenvalue weighted by Gasteiger charge is -2.26. The minimum atomic E-state index is -1.00. The molecule has 3 amide bonds. The van der Waals surface area contributed by atoms with Crippen molar-refractivity contribution in [1.29, 1.82) is 0 Å². The summed E-state index contributed by atoms with van der Waals surface area (Å²) in [5.41, 5.74) is 1.75. The highest BCUT2D eigenvalue weighted by molar-refractivity contribution is 6.38. The standard InChI is InChI=1S/C24H27N3O4/c1-2-25-24(31)22(29)19(15-17-9-5-3-6-10-17)26-23(30)20-13-14-21(28)27(20)16-18-11-7-4-8-12-18/h3-12,19-20H,2,13-16H2,1H3,(H,25,31)(H,26,30). The highest BCUT2D eigenvalue weighted by Gasteiger charge is 2.38. The lowest BCUT2D eigenvalue weighted by atomic mass is 10.0. The Kier molecular flexibility index (Phi) is 7.54. The number of ketones is 1. The maximum atomic E-state index is 13.1. The van der Waals surface area contributed by atoms with Crippen LogP contribution in [0.2, 0.25) is 0 Å². The molecule has 1 heterocycles. The molecule has 2 atom stereocenters. The van der Waals surface area contributed by atoms with Crippen LogP contribution in [-0.2, 0) is 32.1 Å². The van der Waals surface area contributed by atoms with E-state index in [2.05, 4.69) is 10.6 Å². The second-order valence-corrected chi connectivity index (χ2v) is 7.54. The van der Waals surface area contributed by atoms with Crippen molar-refractivity contribution in [3.8, 4) is 0 Å². The Balaban J connectivity index is 1.75. The third kappa shape index (κ3) is 5.78. The number of hydrogen-bond acceptors (Lipinski definition) is 4. The van der Waals surface area contributed by atoms with Gasteiger partial charge in [0.25, 0.3) is 5.91 Å². The van der Waals surface area contributed by atoms with Gasteiger partial charge in [-0.05, 0) is 24.5 Å². The second-order valence-electron chi connectivity index (χ2n) is 7.54. The van der Waals surface area contributed by atoms with Crippen molar-refractivity contribution >= 4 is 23.5 Å². The highest BCUT2D eigenvalue weighted by Crippen LogP contribution is 2.22. The largest absolute Gasteiger partial charge is 0.350 e. The van der Waals surface area contributed by atoms with Crippen LogP contribution >= 0.6 is 0 Å². The van der Waals surface area contributed by atoms with Gasteiger partial charge in [0.05, 0.1) is 0 Å². The molecule has 1 aliphatic rings. The molecule has 1 fully saturated rings. The molecule has 0 bridgehead atoms. The van der Waals surface area contributed by atoms with Gasteiger partial charge in [0.2, 0.25) is 17.6 Å². The summed E-state index contributed by atoms with van der Waals surface area (Å²) in [6, 6.07) is 17.0. The quantitative estimate of drug-likeness (QED) is 0.602. The zero-order valence-electron chi connectivity index (χ0n) is 17.5. The molecule has 3 rings (SSSR count). The fourth-order valence-electron chi connectivity index (χ4n) is 3.72. The minimum absolute atomic E-state index is 0.0985.